The van der Waals surface area contributed by atoms with E-state index in [1.54, 1.807) is 0 Å². The van der Waals surface area contributed by atoms with Crippen molar-refractivity contribution in [3.05, 3.63) is 0 Å². The molecule has 0 radical (unpaired) electrons. The molecule has 1 fully saturated rings. The Balaban J connectivity index is 2.64. The summed E-state index contributed by atoms with van der Waals surface area (Å²) in [6.45, 7) is 4.03. The minimum absolute atomic E-state index is 0.134. The lowest BCUT2D eigenvalue weighted by atomic mass is 9.75. The van der Waals surface area contributed by atoms with Crippen LogP contribution in [0.3, 0.4) is 0 Å². The Morgan fingerprint density at radius 1 is 1.47 bits per heavy atom. The molecule has 1 saturated carbocycles. The van der Waals surface area contributed by atoms with Crippen LogP contribution in [0, 0.1) is 11.8 Å². The third kappa shape index (κ3) is 3.49. The van der Waals surface area contributed by atoms with E-state index >= 15 is 0 Å². The maximum Gasteiger partial charge on any atom is 0.305 e. The molecule has 0 bridgehead atoms. The summed E-state index contributed by atoms with van der Waals surface area (Å²) < 4.78 is 4.74. The number of nitrogens with two attached hydrogens (primary N) is 1. The van der Waals surface area contributed by atoms with Gasteiger partial charge in [0.25, 0.3) is 0 Å². The van der Waals surface area contributed by atoms with Crippen molar-refractivity contribution in [2.45, 2.75) is 51.5 Å². The molecule has 1 aliphatic rings. The zero-order valence-electron chi connectivity index (χ0n) is 10.1. The van der Waals surface area contributed by atoms with Crippen molar-refractivity contribution in [3.63, 3.8) is 0 Å². The summed E-state index contributed by atoms with van der Waals surface area (Å²) in [6.07, 6.45) is 5.44. The highest BCUT2D eigenvalue weighted by atomic mass is 16.5. The first-order chi connectivity index (χ1) is 6.95. The number of esters is 1. The smallest absolute Gasteiger partial charge is 0.305 e. The molecular formula is C12H23NO2. The zero-order valence-corrected chi connectivity index (χ0v) is 10.1. The second kappa shape index (κ2) is 4.97. The third-order valence-electron chi connectivity index (χ3n) is 3.54. The Morgan fingerprint density at radius 2 is 2.00 bits per heavy atom. The number of carbonyl (C=O) groups is 1. The van der Waals surface area contributed by atoms with E-state index in [0.717, 1.165) is 0 Å². The Kier molecular flexibility index (Phi) is 4.14. The van der Waals surface area contributed by atoms with Crippen LogP contribution in [-0.4, -0.2) is 18.6 Å². The minimum atomic E-state index is -0.288. The van der Waals surface area contributed by atoms with Gasteiger partial charge < -0.3 is 10.5 Å². The molecule has 0 saturated heterocycles. The van der Waals surface area contributed by atoms with Gasteiger partial charge in [-0.3, -0.25) is 4.79 Å². The number of carbonyl (C=O) groups excluding carboxylic acids is 1. The molecule has 1 atom stereocenters. The van der Waals surface area contributed by atoms with Crippen molar-refractivity contribution in [2.24, 2.45) is 17.6 Å². The zero-order chi connectivity index (χ0) is 11.5. The lowest BCUT2D eigenvalue weighted by molar-refractivity contribution is -0.142. The molecule has 88 valence electrons. The van der Waals surface area contributed by atoms with Crippen LogP contribution in [0.25, 0.3) is 0 Å². The normalized spacial score (nSPS) is 20.3. The van der Waals surface area contributed by atoms with Crippen LogP contribution < -0.4 is 5.73 Å². The fourth-order valence-corrected chi connectivity index (χ4v) is 2.66. The largest absolute Gasteiger partial charge is 0.469 e. The molecule has 3 heteroatoms. The van der Waals surface area contributed by atoms with Gasteiger partial charge in [0.05, 0.1) is 13.5 Å². The van der Waals surface area contributed by atoms with Gasteiger partial charge in [-0.15, -0.1) is 0 Å². The lowest BCUT2D eigenvalue weighted by Gasteiger charge is -2.34. The highest BCUT2D eigenvalue weighted by Crippen LogP contribution is 2.38. The van der Waals surface area contributed by atoms with E-state index in [4.69, 9.17) is 10.5 Å². The van der Waals surface area contributed by atoms with E-state index in [1.165, 1.54) is 32.8 Å². The van der Waals surface area contributed by atoms with Crippen molar-refractivity contribution in [1.29, 1.82) is 0 Å². The topological polar surface area (TPSA) is 52.3 Å². The molecular weight excluding hydrogens is 190 g/mol. The van der Waals surface area contributed by atoms with Crippen molar-refractivity contribution >= 4 is 5.97 Å². The summed E-state index contributed by atoms with van der Waals surface area (Å²) in [5.74, 6) is 0.724. The van der Waals surface area contributed by atoms with Gasteiger partial charge in [-0.05, 0) is 25.7 Å². The average molecular weight is 213 g/mol. The Labute approximate surface area is 92.4 Å². The number of hydrogen-bond donors (Lipinski definition) is 1. The molecule has 1 aliphatic carbocycles. The number of hydrogen-bond acceptors (Lipinski definition) is 3. The molecule has 1 unspecified atom stereocenters. The summed E-state index contributed by atoms with van der Waals surface area (Å²) in [5, 5.41) is 0. The van der Waals surface area contributed by atoms with Crippen LogP contribution in [0.5, 0.6) is 0 Å². The lowest BCUT2D eigenvalue weighted by Crippen LogP contribution is -2.45. The highest BCUT2D eigenvalue weighted by Gasteiger charge is 2.35. The van der Waals surface area contributed by atoms with E-state index in [-0.39, 0.29) is 17.4 Å². The number of ether oxygens (including phenoxy) is 1. The quantitative estimate of drug-likeness (QED) is 0.727. The molecule has 0 aliphatic heterocycles. The first-order valence-corrected chi connectivity index (χ1v) is 5.81. The van der Waals surface area contributed by atoms with E-state index in [1.807, 2.05) is 13.8 Å². The molecule has 0 spiro atoms. The molecule has 0 aromatic heterocycles. The van der Waals surface area contributed by atoms with E-state index in [9.17, 15) is 4.79 Å². The Hall–Kier alpha value is -0.570. The van der Waals surface area contributed by atoms with Crippen LogP contribution in [-0.2, 0) is 9.53 Å². The molecule has 0 aromatic rings. The predicted octanol–water partition coefficient (Wildman–Crippen LogP) is 2.09. The molecule has 2 N–H and O–H groups in total. The maximum absolute atomic E-state index is 11.3. The third-order valence-corrected chi connectivity index (χ3v) is 3.54. The number of rotatable bonds is 4. The monoisotopic (exact) mass is 213 g/mol. The van der Waals surface area contributed by atoms with Crippen molar-refractivity contribution < 1.29 is 9.53 Å². The minimum Gasteiger partial charge on any atom is -0.469 e. The Morgan fingerprint density at radius 3 is 2.40 bits per heavy atom. The highest BCUT2D eigenvalue weighted by molar-refractivity contribution is 5.69. The molecule has 0 heterocycles. The SMILES string of the molecule is COC(=O)CC(C1CCCC1)C(C)(C)N. The van der Waals surface area contributed by atoms with Crippen molar-refractivity contribution in [2.75, 3.05) is 7.11 Å². The van der Waals surface area contributed by atoms with Gasteiger partial charge in [0.1, 0.15) is 0 Å². The van der Waals surface area contributed by atoms with Gasteiger partial charge in [0.2, 0.25) is 0 Å². The van der Waals surface area contributed by atoms with Crippen LogP contribution in [0.1, 0.15) is 46.0 Å². The molecule has 15 heavy (non-hydrogen) atoms. The van der Waals surface area contributed by atoms with E-state index in [2.05, 4.69) is 0 Å². The fourth-order valence-electron chi connectivity index (χ4n) is 2.66. The second-order valence-electron chi connectivity index (χ2n) is 5.25. The van der Waals surface area contributed by atoms with Crippen LogP contribution in [0.15, 0.2) is 0 Å². The summed E-state index contributed by atoms with van der Waals surface area (Å²) >= 11 is 0. The van der Waals surface area contributed by atoms with Gasteiger partial charge in [0.15, 0.2) is 0 Å². The second-order valence-corrected chi connectivity index (χ2v) is 5.25. The van der Waals surface area contributed by atoms with Crippen LogP contribution in [0.4, 0.5) is 0 Å². The van der Waals surface area contributed by atoms with Crippen molar-refractivity contribution in [3.8, 4) is 0 Å². The Bertz CT molecular complexity index is 214. The summed E-state index contributed by atoms with van der Waals surface area (Å²) in [5.41, 5.74) is 5.87. The molecule has 0 aromatic carbocycles. The van der Waals surface area contributed by atoms with Gasteiger partial charge in [-0.2, -0.15) is 0 Å². The predicted molar refractivity (Wildman–Crippen MR) is 60.3 cm³/mol. The molecule has 3 nitrogen and oxygen atoms in total. The van der Waals surface area contributed by atoms with Gasteiger partial charge in [0, 0.05) is 5.54 Å². The number of methoxy groups -OCH3 is 1. The molecule has 0 amide bonds. The summed E-state index contributed by atoms with van der Waals surface area (Å²) in [4.78, 5) is 11.3. The summed E-state index contributed by atoms with van der Waals surface area (Å²) in [7, 11) is 1.44. The maximum atomic E-state index is 11.3. The molecule has 1 rings (SSSR count). The summed E-state index contributed by atoms with van der Waals surface area (Å²) in [6, 6.07) is 0. The van der Waals surface area contributed by atoms with Gasteiger partial charge >= 0.3 is 5.97 Å². The van der Waals surface area contributed by atoms with Crippen LogP contribution in [0.2, 0.25) is 0 Å². The first kappa shape index (κ1) is 12.5. The van der Waals surface area contributed by atoms with Crippen molar-refractivity contribution in [1.82, 2.24) is 0 Å². The van der Waals surface area contributed by atoms with Crippen LogP contribution >= 0.6 is 0 Å². The van der Waals surface area contributed by atoms with E-state index in [0.29, 0.717) is 12.3 Å². The van der Waals surface area contributed by atoms with Gasteiger partial charge in [-0.25, -0.2) is 0 Å². The average Bonchev–Trinajstić information content (AvgIpc) is 2.64. The van der Waals surface area contributed by atoms with Gasteiger partial charge in [-0.1, -0.05) is 25.7 Å². The van der Waals surface area contributed by atoms with E-state index < -0.39 is 0 Å². The standard InChI is InChI=1S/C12H23NO2/c1-12(2,13)10(8-11(14)15-3)9-6-4-5-7-9/h9-10H,4-8,13H2,1-3H3. The first-order valence-electron chi connectivity index (χ1n) is 5.81. The fraction of sp³-hybridized carbons (Fsp3) is 0.917.